The number of amides is 1. The van der Waals surface area contributed by atoms with Crippen LogP contribution in [0.2, 0.25) is 0 Å². The average molecular weight is 337 g/mol. The Balaban J connectivity index is 2.73. The molecule has 128 valence electrons. The van der Waals surface area contributed by atoms with Crippen molar-refractivity contribution in [2.75, 3.05) is 32.6 Å². The topological polar surface area (TPSA) is 99.2 Å². The molecule has 0 atom stereocenters. The first kappa shape index (κ1) is 18.7. The van der Waals surface area contributed by atoms with Gasteiger partial charge in [0, 0.05) is 13.1 Å². The van der Waals surface area contributed by atoms with Crippen LogP contribution in [0.5, 0.6) is 0 Å². The van der Waals surface area contributed by atoms with Crippen molar-refractivity contribution >= 4 is 22.2 Å². The molecular weight excluding hydrogens is 314 g/mol. The Kier molecular flexibility index (Phi) is 5.45. The van der Waals surface area contributed by atoms with E-state index in [0.29, 0.717) is 0 Å². The predicted octanol–water partition coefficient (Wildman–Crippen LogP) is 0.763. The molecule has 22 heavy (non-hydrogen) atoms. The molecule has 0 aromatic heterocycles. The number of hydrogen-bond acceptors (Lipinski definition) is 7. The van der Waals surface area contributed by atoms with Crippen molar-refractivity contribution in [2.45, 2.75) is 33.3 Å². The van der Waals surface area contributed by atoms with E-state index in [1.807, 2.05) is 0 Å². The van der Waals surface area contributed by atoms with Crippen molar-refractivity contribution in [1.82, 2.24) is 4.90 Å². The van der Waals surface area contributed by atoms with Gasteiger partial charge in [0.25, 0.3) is 10.1 Å². The summed E-state index contributed by atoms with van der Waals surface area (Å²) >= 11 is 0. The largest absolute Gasteiger partial charge is 0.465 e. The van der Waals surface area contributed by atoms with Gasteiger partial charge in [-0.05, 0) is 27.7 Å². The van der Waals surface area contributed by atoms with Crippen molar-refractivity contribution in [3.63, 3.8) is 0 Å². The maximum Gasteiger partial charge on any atom is 0.410 e. The minimum absolute atomic E-state index is 0.00370. The molecular formula is C13H23NO7S. The summed E-state index contributed by atoms with van der Waals surface area (Å²) < 4.78 is 37.1. The zero-order valence-corrected chi connectivity index (χ0v) is 14.4. The van der Waals surface area contributed by atoms with Crippen LogP contribution in [0.25, 0.3) is 0 Å². The summed E-state index contributed by atoms with van der Waals surface area (Å²) in [5, 5.41) is 0. The third-order valence-electron chi connectivity index (χ3n) is 2.90. The SMILES string of the molecule is CCOC(=O)C1(COS(C)(=O)=O)CN(C(=O)OC(C)(C)C)C1. The van der Waals surface area contributed by atoms with Gasteiger partial charge in [-0.3, -0.25) is 8.98 Å². The first-order chi connectivity index (χ1) is 9.88. The standard InChI is InChI=1S/C13H23NO7S/c1-6-19-10(15)13(9-20-22(5,17)18)7-14(8-13)11(16)21-12(2,3)4/h6-9H2,1-5H3. The van der Waals surface area contributed by atoms with E-state index >= 15 is 0 Å². The van der Waals surface area contributed by atoms with Crippen LogP contribution in [0.3, 0.4) is 0 Å². The summed E-state index contributed by atoms with van der Waals surface area (Å²) in [6, 6.07) is 0. The maximum atomic E-state index is 12.0. The highest BCUT2D eigenvalue weighted by Gasteiger charge is 2.54. The Morgan fingerprint density at radius 1 is 1.23 bits per heavy atom. The van der Waals surface area contributed by atoms with Gasteiger partial charge in [0.15, 0.2) is 0 Å². The zero-order valence-electron chi connectivity index (χ0n) is 13.5. The first-order valence-electron chi connectivity index (χ1n) is 6.88. The number of nitrogens with zero attached hydrogens (tertiary/aromatic N) is 1. The van der Waals surface area contributed by atoms with E-state index in [1.54, 1.807) is 27.7 Å². The third-order valence-corrected chi connectivity index (χ3v) is 3.44. The second kappa shape index (κ2) is 6.41. The molecule has 1 heterocycles. The smallest absolute Gasteiger partial charge is 0.410 e. The van der Waals surface area contributed by atoms with Gasteiger partial charge in [0.1, 0.15) is 11.0 Å². The number of carbonyl (C=O) groups excluding carboxylic acids is 2. The number of carbonyl (C=O) groups is 2. The van der Waals surface area contributed by atoms with Crippen LogP contribution in [0.4, 0.5) is 4.79 Å². The third kappa shape index (κ3) is 5.13. The quantitative estimate of drug-likeness (QED) is 0.539. The van der Waals surface area contributed by atoms with E-state index in [1.165, 1.54) is 4.90 Å². The molecule has 0 aromatic rings. The normalized spacial score (nSPS) is 17.6. The Hall–Kier alpha value is -1.35. The molecule has 0 aromatic carbocycles. The number of hydrogen-bond donors (Lipinski definition) is 0. The van der Waals surface area contributed by atoms with Gasteiger partial charge in [0.05, 0.1) is 19.5 Å². The van der Waals surface area contributed by atoms with E-state index in [4.69, 9.17) is 13.7 Å². The van der Waals surface area contributed by atoms with Crippen LogP contribution >= 0.6 is 0 Å². The summed E-state index contributed by atoms with van der Waals surface area (Å²) in [5.74, 6) is -0.585. The summed E-state index contributed by atoms with van der Waals surface area (Å²) in [6.07, 6.45) is 0.336. The Morgan fingerprint density at radius 3 is 2.18 bits per heavy atom. The molecule has 0 saturated carbocycles. The van der Waals surface area contributed by atoms with E-state index in [-0.39, 0.29) is 26.3 Å². The molecule has 0 radical (unpaired) electrons. The molecule has 1 fully saturated rings. The Bertz CT molecular complexity index is 529. The monoisotopic (exact) mass is 337 g/mol. The average Bonchev–Trinajstić information content (AvgIpc) is 2.23. The summed E-state index contributed by atoms with van der Waals surface area (Å²) in [4.78, 5) is 25.3. The van der Waals surface area contributed by atoms with Gasteiger partial charge < -0.3 is 14.4 Å². The number of ether oxygens (including phenoxy) is 2. The van der Waals surface area contributed by atoms with Gasteiger partial charge in [-0.1, -0.05) is 0 Å². The van der Waals surface area contributed by atoms with Crippen molar-refractivity contribution in [3.8, 4) is 0 Å². The molecule has 1 aliphatic heterocycles. The highest BCUT2D eigenvalue weighted by molar-refractivity contribution is 7.85. The Morgan fingerprint density at radius 2 is 1.77 bits per heavy atom. The van der Waals surface area contributed by atoms with Crippen LogP contribution in [-0.4, -0.2) is 63.5 Å². The fourth-order valence-corrected chi connectivity index (χ4v) is 2.36. The lowest BCUT2D eigenvalue weighted by Crippen LogP contribution is -2.65. The van der Waals surface area contributed by atoms with Gasteiger partial charge in [0.2, 0.25) is 0 Å². The van der Waals surface area contributed by atoms with Crippen molar-refractivity contribution in [3.05, 3.63) is 0 Å². The van der Waals surface area contributed by atoms with E-state index in [9.17, 15) is 18.0 Å². The Labute approximate surface area is 130 Å². The predicted molar refractivity (Wildman–Crippen MR) is 77.7 cm³/mol. The highest BCUT2D eigenvalue weighted by atomic mass is 32.2. The molecule has 0 aliphatic carbocycles. The van der Waals surface area contributed by atoms with E-state index in [2.05, 4.69) is 0 Å². The number of rotatable bonds is 5. The molecule has 1 saturated heterocycles. The van der Waals surface area contributed by atoms with E-state index in [0.717, 1.165) is 6.26 Å². The second-order valence-corrected chi connectivity index (χ2v) is 7.95. The van der Waals surface area contributed by atoms with Gasteiger partial charge in [-0.25, -0.2) is 4.79 Å². The molecule has 0 N–H and O–H groups in total. The van der Waals surface area contributed by atoms with Gasteiger partial charge >= 0.3 is 12.1 Å². The number of esters is 1. The summed E-state index contributed by atoms with van der Waals surface area (Å²) in [6.45, 7) is 6.64. The molecule has 1 rings (SSSR count). The highest BCUT2D eigenvalue weighted by Crippen LogP contribution is 2.34. The first-order valence-corrected chi connectivity index (χ1v) is 8.70. The van der Waals surface area contributed by atoms with Crippen molar-refractivity contribution < 1.29 is 31.7 Å². The lowest BCUT2D eigenvalue weighted by Gasteiger charge is -2.47. The fraction of sp³-hybridized carbons (Fsp3) is 0.846. The molecule has 0 unspecified atom stereocenters. The van der Waals surface area contributed by atoms with Crippen LogP contribution < -0.4 is 0 Å². The van der Waals surface area contributed by atoms with Gasteiger partial charge in [-0.2, -0.15) is 8.42 Å². The minimum atomic E-state index is -3.69. The maximum absolute atomic E-state index is 12.0. The zero-order chi connectivity index (χ0) is 17.2. The lowest BCUT2D eigenvalue weighted by molar-refractivity contribution is -0.168. The van der Waals surface area contributed by atoms with Crippen LogP contribution in [0.15, 0.2) is 0 Å². The lowest BCUT2D eigenvalue weighted by atomic mass is 9.81. The number of likely N-dealkylation sites (tertiary alicyclic amines) is 1. The second-order valence-electron chi connectivity index (χ2n) is 6.30. The van der Waals surface area contributed by atoms with Gasteiger partial charge in [-0.15, -0.1) is 0 Å². The molecule has 0 bridgehead atoms. The summed E-state index contributed by atoms with van der Waals surface area (Å²) in [5.41, 5.74) is -1.82. The van der Waals surface area contributed by atoms with E-state index < -0.39 is 33.2 Å². The van der Waals surface area contributed by atoms with Crippen LogP contribution in [-0.2, 0) is 28.6 Å². The molecule has 0 spiro atoms. The fourth-order valence-electron chi connectivity index (χ4n) is 1.92. The van der Waals surface area contributed by atoms with Crippen LogP contribution in [0, 0.1) is 5.41 Å². The van der Waals surface area contributed by atoms with Crippen molar-refractivity contribution in [1.29, 1.82) is 0 Å². The molecule has 8 nitrogen and oxygen atoms in total. The molecule has 1 amide bonds. The van der Waals surface area contributed by atoms with Crippen molar-refractivity contribution in [2.24, 2.45) is 5.41 Å². The molecule has 9 heteroatoms. The summed E-state index contributed by atoms with van der Waals surface area (Å²) in [7, 11) is -3.69. The van der Waals surface area contributed by atoms with Crippen LogP contribution in [0.1, 0.15) is 27.7 Å². The molecule has 1 aliphatic rings. The minimum Gasteiger partial charge on any atom is -0.465 e.